The number of methoxy groups -OCH3 is 1. The molecule has 3 N–H and O–H groups in total. The lowest BCUT2D eigenvalue weighted by Crippen LogP contribution is -2.30. The van der Waals surface area contributed by atoms with Crippen molar-refractivity contribution in [2.24, 2.45) is 0 Å². The van der Waals surface area contributed by atoms with Gasteiger partial charge in [0.15, 0.2) is 5.78 Å². The Morgan fingerprint density at radius 2 is 1.93 bits per heavy atom. The van der Waals surface area contributed by atoms with Gasteiger partial charge in [-0.3, -0.25) is 19.4 Å². The number of carbonyl (C=O) groups excluding carboxylic acids is 2. The van der Waals surface area contributed by atoms with Gasteiger partial charge in [0.05, 0.1) is 36.9 Å². The summed E-state index contributed by atoms with van der Waals surface area (Å²) < 4.78 is 12.6. The SMILES string of the molecule is COC(=O)C[C@H](c1c(O)c(C(C)=O)cc([C@H]2OCc3cnc(C)c(O)c32)c1O)c1cc2cccc3c2n(c1=O)CCC3. The van der Waals surface area contributed by atoms with Gasteiger partial charge in [-0.25, -0.2) is 0 Å². The average Bonchev–Trinajstić information content (AvgIpc) is 3.40. The Balaban J connectivity index is 1.64. The number of rotatable bonds is 6. The van der Waals surface area contributed by atoms with Crippen molar-refractivity contribution in [1.29, 1.82) is 0 Å². The number of carbonyl (C=O) groups is 2. The summed E-state index contributed by atoms with van der Waals surface area (Å²) in [5, 5.41) is 34.9. The van der Waals surface area contributed by atoms with Gasteiger partial charge in [-0.05, 0) is 49.8 Å². The highest BCUT2D eigenvalue weighted by Crippen LogP contribution is 2.50. The van der Waals surface area contributed by atoms with E-state index in [0.29, 0.717) is 23.4 Å². The third kappa shape index (κ3) is 4.21. The van der Waals surface area contributed by atoms with Crippen molar-refractivity contribution >= 4 is 22.7 Å². The molecule has 0 saturated heterocycles. The molecule has 0 spiro atoms. The minimum atomic E-state index is -1.17. The second kappa shape index (κ2) is 10.3. The smallest absolute Gasteiger partial charge is 0.306 e. The Bertz CT molecular complexity index is 1860. The van der Waals surface area contributed by atoms with E-state index in [9.17, 15) is 29.7 Å². The summed E-state index contributed by atoms with van der Waals surface area (Å²) in [5.74, 6) is -3.46. The Hall–Kier alpha value is -4.70. The van der Waals surface area contributed by atoms with Crippen LogP contribution >= 0.6 is 0 Å². The molecule has 4 heterocycles. The van der Waals surface area contributed by atoms with Crippen molar-refractivity contribution in [3.05, 3.63) is 91.5 Å². The third-order valence-corrected chi connectivity index (χ3v) is 8.40. The maximum absolute atomic E-state index is 14.0. The van der Waals surface area contributed by atoms with E-state index in [-0.39, 0.29) is 40.2 Å². The highest BCUT2D eigenvalue weighted by atomic mass is 16.5. The Morgan fingerprint density at radius 3 is 2.67 bits per heavy atom. The van der Waals surface area contributed by atoms with E-state index in [2.05, 4.69) is 4.98 Å². The van der Waals surface area contributed by atoms with E-state index in [1.165, 1.54) is 20.1 Å². The zero-order valence-corrected chi connectivity index (χ0v) is 23.4. The predicted octanol–water partition coefficient (Wildman–Crippen LogP) is 4.29. The number of benzene rings is 2. The molecule has 4 aromatic rings. The van der Waals surface area contributed by atoms with Crippen LogP contribution in [0.25, 0.3) is 10.9 Å². The normalized spacial score (nSPS) is 16.3. The van der Waals surface area contributed by atoms with E-state index in [1.807, 2.05) is 18.2 Å². The monoisotopic (exact) mass is 570 g/mol. The van der Waals surface area contributed by atoms with Crippen LogP contribution in [0.5, 0.6) is 17.2 Å². The number of ether oxygens (including phenoxy) is 2. The van der Waals surface area contributed by atoms with Crippen LogP contribution in [-0.4, -0.2) is 43.7 Å². The molecule has 10 nitrogen and oxygen atoms in total. The van der Waals surface area contributed by atoms with Crippen molar-refractivity contribution in [2.75, 3.05) is 7.11 Å². The van der Waals surface area contributed by atoms with Gasteiger partial charge in [0.2, 0.25) is 0 Å². The van der Waals surface area contributed by atoms with E-state index < -0.39 is 41.7 Å². The van der Waals surface area contributed by atoms with Gasteiger partial charge in [0.1, 0.15) is 23.4 Å². The predicted molar refractivity (Wildman–Crippen MR) is 152 cm³/mol. The van der Waals surface area contributed by atoms with Gasteiger partial charge < -0.3 is 29.4 Å². The molecule has 0 radical (unpaired) electrons. The third-order valence-electron chi connectivity index (χ3n) is 8.40. The van der Waals surface area contributed by atoms with Crippen molar-refractivity contribution in [1.82, 2.24) is 9.55 Å². The lowest BCUT2D eigenvalue weighted by Gasteiger charge is -2.26. The summed E-state index contributed by atoms with van der Waals surface area (Å²) in [7, 11) is 1.21. The lowest BCUT2D eigenvalue weighted by molar-refractivity contribution is -0.140. The molecule has 2 aromatic heterocycles. The van der Waals surface area contributed by atoms with Crippen LogP contribution in [0.3, 0.4) is 0 Å². The number of aromatic nitrogens is 2. The van der Waals surface area contributed by atoms with Crippen molar-refractivity contribution in [3.63, 3.8) is 0 Å². The fraction of sp³-hybridized carbons (Fsp3) is 0.312. The number of phenolic OH excluding ortho intramolecular Hbond substituents is 2. The van der Waals surface area contributed by atoms with Crippen LogP contribution in [0.2, 0.25) is 0 Å². The summed E-state index contributed by atoms with van der Waals surface area (Å²) in [6.07, 6.45) is 1.77. The van der Waals surface area contributed by atoms with Crippen LogP contribution < -0.4 is 5.56 Å². The summed E-state index contributed by atoms with van der Waals surface area (Å²) >= 11 is 0. The number of esters is 1. The fourth-order valence-electron chi connectivity index (χ4n) is 6.32. The van der Waals surface area contributed by atoms with Gasteiger partial charge in [-0.15, -0.1) is 0 Å². The van der Waals surface area contributed by atoms with E-state index in [4.69, 9.17) is 9.47 Å². The first-order valence-electron chi connectivity index (χ1n) is 13.7. The molecule has 0 bridgehead atoms. The summed E-state index contributed by atoms with van der Waals surface area (Å²) in [6, 6.07) is 8.76. The van der Waals surface area contributed by atoms with Gasteiger partial charge in [-0.1, -0.05) is 18.2 Å². The number of fused-ring (bicyclic) bond motifs is 1. The molecule has 0 saturated carbocycles. The van der Waals surface area contributed by atoms with Crippen LogP contribution in [0.1, 0.15) is 81.2 Å². The summed E-state index contributed by atoms with van der Waals surface area (Å²) in [4.78, 5) is 43.8. The minimum Gasteiger partial charge on any atom is -0.507 e. The molecule has 2 aliphatic rings. The molecule has 2 aromatic carbocycles. The minimum absolute atomic E-state index is 0.0925. The van der Waals surface area contributed by atoms with Gasteiger partial charge >= 0.3 is 5.97 Å². The van der Waals surface area contributed by atoms with Gasteiger partial charge in [-0.2, -0.15) is 0 Å². The quantitative estimate of drug-likeness (QED) is 0.228. The Kier molecular flexibility index (Phi) is 6.73. The number of para-hydroxylation sites is 1. The number of Topliss-reactive ketones (excluding diaryl/α,β-unsaturated/α-hetero) is 1. The zero-order valence-electron chi connectivity index (χ0n) is 23.4. The molecule has 10 heteroatoms. The Morgan fingerprint density at radius 1 is 1.14 bits per heavy atom. The van der Waals surface area contributed by atoms with Gasteiger partial charge in [0.25, 0.3) is 5.56 Å². The topological polar surface area (TPSA) is 148 Å². The lowest BCUT2D eigenvalue weighted by atomic mass is 9.82. The second-order valence-corrected chi connectivity index (χ2v) is 10.9. The number of aromatic hydroxyl groups is 3. The molecular formula is C32H30N2O8. The fourth-order valence-corrected chi connectivity index (χ4v) is 6.32. The van der Waals surface area contributed by atoms with Crippen molar-refractivity contribution in [3.8, 4) is 17.2 Å². The number of phenols is 2. The first-order valence-corrected chi connectivity index (χ1v) is 13.7. The number of aryl methyl sites for hydroxylation is 3. The van der Waals surface area contributed by atoms with Crippen molar-refractivity contribution < 1.29 is 34.4 Å². The van der Waals surface area contributed by atoms with Crippen LogP contribution in [0, 0.1) is 6.92 Å². The Labute approximate surface area is 240 Å². The summed E-state index contributed by atoms with van der Waals surface area (Å²) in [5.41, 5.74) is 2.82. The molecule has 0 amide bonds. The highest BCUT2D eigenvalue weighted by Gasteiger charge is 2.37. The second-order valence-electron chi connectivity index (χ2n) is 10.9. The molecule has 2 aliphatic heterocycles. The first kappa shape index (κ1) is 27.5. The number of pyridine rings is 2. The maximum Gasteiger partial charge on any atom is 0.306 e. The van der Waals surface area contributed by atoms with Crippen LogP contribution in [0.4, 0.5) is 0 Å². The summed E-state index contributed by atoms with van der Waals surface area (Å²) in [6.45, 7) is 3.46. The molecule has 2 atom stereocenters. The molecule has 0 fully saturated rings. The molecule has 0 aliphatic carbocycles. The molecular weight excluding hydrogens is 540 g/mol. The maximum atomic E-state index is 14.0. The van der Waals surface area contributed by atoms with E-state index in [1.54, 1.807) is 23.8 Å². The van der Waals surface area contributed by atoms with Crippen molar-refractivity contribution in [2.45, 2.75) is 58.3 Å². The highest BCUT2D eigenvalue weighted by molar-refractivity contribution is 5.98. The van der Waals surface area contributed by atoms with E-state index >= 15 is 0 Å². The molecule has 6 rings (SSSR count). The molecule has 42 heavy (non-hydrogen) atoms. The number of ketones is 1. The number of nitrogens with zero attached hydrogens (tertiary/aromatic N) is 2. The van der Waals surface area contributed by atoms with E-state index in [0.717, 1.165) is 29.3 Å². The largest absolute Gasteiger partial charge is 0.507 e. The molecule has 0 unspecified atom stereocenters. The van der Waals surface area contributed by atoms with Gasteiger partial charge in [0, 0.05) is 46.5 Å². The number of hydrogen-bond acceptors (Lipinski definition) is 9. The molecule has 216 valence electrons. The van der Waals surface area contributed by atoms with Crippen LogP contribution in [-0.2, 0) is 33.8 Å². The first-order chi connectivity index (χ1) is 20.1. The standard InChI is InChI=1S/C32H30N2O8/c1-15-28(37)25-19(13-33-15)14-42-31(25)23-11-20(16(2)35)29(38)26(30(23)39)21(12-24(36)41-3)22-10-18-7-4-6-17-8-5-9-34(27(17)18)32(22)40/h4,6-7,10-11,13,21,31,37-39H,5,8-9,12,14H2,1-3H3/t21-,31+/m0/s1. The average molecular weight is 571 g/mol. The van der Waals surface area contributed by atoms with Crippen LogP contribution in [0.15, 0.2) is 41.3 Å². The number of hydrogen-bond donors (Lipinski definition) is 3. The zero-order chi connectivity index (χ0) is 29.9.